The number of nitrogens with one attached hydrogen (secondary N) is 1. The first-order valence-corrected chi connectivity index (χ1v) is 9.68. The molecule has 0 aliphatic carbocycles. The Bertz CT molecular complexity index is 828. The van der Waals surface area contributed by atoms with Gasteiger partial charge < -0.3 is 9.73 Å². The SMILES string of the molecule is Cc1ccc(Cl)c(NC(=O)CN(Cc2ccco2)Cc2cccs2)c1Cl. The predicted molar refractivity (Wildman–Crippen MR) is 107 cm³/mol. The molecule has 0 aliphatic rings. The normalized spacial score (nSPS) is 11.1. The van der Waals surface area contributed by atoms with Gasteiger partial charge in [-0.25, -0.2) is 0 Å². The monoisotopic (exact) mass is 408 g/mol. The fraction of sp³-hybridized carbons (Fsp3) is 0.211. The zero-order chi connectivity index (χ0) is 18.5. The minimum Gasteiger partial charge on any atom is -0.468 e. The molecule has 0 spiro atoms. The van der Waals surface area contributed by atoms with Crippen molar-refractivity contribution < 1.29 is 9.21 Å². The Hall–Kier alpha value is -1.79. The Labute approximate surface area is 166 Å². The maximum Gasteiger partial charge on any atom is 0.238 e. The van der Waals surface area contributed by atoms with Gasteiger partial charge in [0.2, 0.25) is 5.91 Å². The molecule has 7 heteroatoms. The molecule has 136 valence electrons. The minimum atomic E-state index is -0.178. The van der Waals surface area contributed by atoms with E-state index in [1.54, 1.807) is 23.7 Å². The first-order valence-electron chi connectivity index (χ1n) is 8.04. The topological polar surface area (TPSA) is 45.5 Å². The first kappa shape index (κ1) is 19.0. The highest BCUT2D eigenvalue weighted by molar-refractivity contribution is 7.09. The summed E-state index contributed by atoms with van der Waals surface area (Å²) in [5.74, 6) is 0.628. The number of nitrogens with zero attached hydrogens (tertiary/aromatic N) is 1. The summed E-state index contributed by atoms with van der Waals surface area (Å²) in [6.07, 6.45) is 1.63. The Morgan fingerprint density at radius 1 is 1.19 bits per heavy atom. The second kappa shape index (κ2) is 8.73. The van der Waals surface area contributed by atoms with Crippen LogP contribution in [0.3, 0.4) is 0 Å². The van der Waals surface area contributed by atoms with Gasteiger partial charge in [0.25, 0.3) is 0 Å². The van der Waals surface area contributed by atoms with Gasteiger partial charge in [-0.1, -0.05) is 35.3 Å². The third-order valence-electron chi connectivity index (χ3n) is 3.83. The van der Waals surface area contributed by atoms with Crippen molar-refractivity contribution in [1.29, 1.82) is 0 Å². The first-order chi connectivity index (χ1) is 12.5. The Kier molecular flexibility index (Phi) is 6.38. The molecule has 1 N–H and O–H groups in total. The zero-order valence-corrected chi connectivity index (χ0v) is 16.5. The second-order valence-corrected chi connectivity index (χ2v) is 7.72. The number of furan rings is 1. The molecule has 0 saturated heterocycles. The van der Waals surface area contributed by atoms with E-state index in [9.17, 15) is 4.79 Å². The van der Waals surface area contributed by atoms with Crippen molar-refractivity contribution in [2.45, 2.75) is 20.0 Å². The summed E-state index contributed by atoms with van der Waals surface area (Å²) in [4.78, 5) is 15.8. The molecule has 3 rings (SSSR count). The van der Waals surface area contributed by atoms with E-state index in [1.807, 2.05) is 47.5 Å². The van der Waals surface area contributed by atoms with Crippen LogP contribution in [0.4, 0.5) is 5.69 Å². The number of hydrogen-bond donors (Lipinski definition) is 1. The lowest BCUT2D eigenvalue weighted by molar-refractivity contribution is -0.117. The van der Waals surface area contributed by atoms with E-state index in [1.165, 1.54) is 4.88 Å². The number of hydrogen-bond acceptors (Lipinski definition) is 4. The molecule has 3 aromatic rings. The number of benzene rings is 1. The standard InChI is InChI=1S/C19H18Cl2N2O2S/c1-13-6-7-16(20)19(18(13)21)22-17(24)12-23(10-14-4-2-8-25-14)11-15-5-3-9-26-15/h2-9H,10-12H2,1H3,(H,22,24). The average Bonchev–Trinajstić information content (AvgIpc) is 3.29. The summed E-state index contributed by atoms with van der Waals surface area (Å²) in [5, 5.41) is 5.74. The highest BCUT2D eigenvalue weighted by Gasteiger charge is 2.17. The Morgan fingerprint density at radius 3 is 2.73 bits per heavy atom. The molecular weight excluding hydrogens is 391 g/mol. The van der Waals surface area contributed by atoms with Gasteiger partial charge in [0, 0.05) is 11.4 Å². The van der Waals surface area contributed by atoms with Gasteiger partial charge in [0.1, 0.15) is 5.76 Å². The molecule has 26 heavy (non-hydrogen) atoms. The van der Waals surface area contributed by atoms with Crippen molar-refractivity contribution in [2.24, 2.45) is 0 Å². The summed E-state index contributed by atoms with van der Waals surface area (Å²) in [7, 11) is 0. The molecule has 1 aromatic carbocycles. The van der Waals surface area contributed by atoms with Gasteiger partial charge in [0.05, 0.1) is 35.1 Å². The van der Waals surface area contributed by atoms with Gasteiger partial charge in [-0.05, 0) is 42.1 Å². The fourth-order valence-electron chi connectivity index (χ4n) is 2.57. The molecule has 0 radical (unpaired) electrons. The van der Waals surface area contributed by atoms with Crippen LogP contribution < -0.4 is 5.32 Å². The molecule has 2 heterocycles. The number of anilines is 1. The number of carbonyl (C=O) groups excluding carboxylic acids is 1. The number of amides is 1. The van der Waals surface area contributed by atoms with Gasteiger partial charge in [-0.3, -0.25) is 9.69 Å². The van der Waals surface area contributed by atoms with E-state index in [-0.39, 0.29) is 12.5 Å². The highest BCUT2D eigenvalue weighted by Crippen LogP contribution is 2.32. The van der Waals surface area contributed by atoms with Gasteiger partial charge in [-0.2, -0.15) is 0 Å². The lowest BCUT2D eigenvalue weighted by Crippen LogP contribution is -2.32. The van der Waals surface area contributed by atoms with E-state index in [0.29, 0.717) is 28.8 Å². The summed E-state index contributed by atoms with van der Waals surface area (Å²) in [5.41, 5.74) is 1.31. The quantitative estimate of drug-likeness (QED) is 0.553. The number of thiophene rings is 1. The molecule has 0 aliphatic heterocycles. The van der Waals surface area contributed by atoms with Crippen molar-refractivity contribution >= 4 is 46.1 Å². The van der Waals surface area contributed by atoms with Crippen molar-refractivity contribution in [2.75, 3.05) is 11.9 Å². The maximum absolute atomic E-state index is 12.6. The predicted octanol–water partition coefficient (Wildman–Crippen LogP) is 5.60. The van der Waals surface area contributed by atoms with Gasteiger partial charge in [-0.15, -0.1) is 11.3 Å². The molecule has 0 fully saturated rings. The highest BCUT2D eigenvalue weighted by atomic mass is 35.5. The summed E-state index contributed by atoms with van der Waals surface area (Å²) in [6.45, 7) is 3.25. The van der Waals surface area contributed by atoms with Crippen LogP contribution in [-0.4, -0.2) is 17.4 Å². The van der Waals surface area contributed by atoms with Crippen LogP contribution in [-0.2, 0) is 17.9 Å². The third kappa shape index (κ3) is 4.89. The lowest BCUT2D eigenvalue weighted by atomic mass is 10.2. The largest absolute Gasteiger partial charge is 0.468 e. The molecule has 1 amide bonds. The fourth-order valence-corrected chi connectivity index (χ4v) is 3.78. The van der Waals surface area contributed by atoms with E-state index < -0.39 is 0 Å². The second-order valence-electron chi connectivity index (χ2n) is 5.91. The Morgan fingerprint density at radius 2 is 2.04 bits per heavy atom. The molecule has 4 nitrogen and oxygen atoms in total. The summed E-state index contributed by atoms with van der Waals surface area (Å²) in [6, 6.07) is 11.3. The van der Waals surface area contributed by atoms with Crippen LogP contribution in [0.1, 0.15) is 16.2 Å². The van der Waals surface area contributed by atoms with E-state index in [0.717, 1.165) is 11.3 Å². The smallest absolute Gasteiger partial charge is 0.238 e. The van der Waals surface area contributed by atoms with Crippen LogP contribution in [0.15, 0.2) is 52.5 Å². The molecule has 0 atom stereocenters. The lowest BCUT2D eigenvalue weighted by Gasteiger charge is -2.20. The maximum atomic E-state index is 12.6. The van der Waals surface area contributed by atoms with Crippen LogP contribution >= 0.6 is 34.5 Å². The van der Waals surface area contributed by atoms with Gasteiger partial charge in [0.15, 0.2) is 0 Å². The number of rotatable bonds is 7. The number of carbonyl (C=O) groups is 1. The van der Waals surface area contributed by atoms with E-state index in [4.69, 9.17) is 27.6 Å². The third-order valence-corrected chi connectivity index (χ3v) is 5.50. The number of halogens is 2. The molecule has 0 saturated carbocycles. The summed E-state index contributed by atoms with van der Waals surface area (Å²) < 4.78 is 5.42. The minimum absolute atomic E-state index is 0.178. The van der Waals surface area contributed by atoms with E-state index in [2.05, 4.69) is 5.32 Å². The summed E-state index contributed by atoms with van der Waals surface area (Å²) >= 11 is 14.1. The van der Waals surface area contributed by atoms with Crippen LogP contribution in [0.5, 0.6) is 0 Å². The molecule has 2 aromatic heterocycles. The van der Waals surface area contributed by atoms with Gasteiger partial charge >= 0.3 is 0 Å². The van der Waals surface area contributed by atoms with Crippen LogP contribution in [0, 0.1) is 6.92 Å². The van der Waals surface area contributed by atoms with Crippen LogP contribution in [0.25, 0.3) is 0 Å². The van der Waals surface area contributed by atoms with Crippen molar-refractivity contribution in [1.82, 2.24) is 4.90 Å². The Balaban J connectivity index is 1.71. The number of aryl methyl sites for hydroxylation is 1. The van der Waals surface area contributed by atoms with E-state index >= 15 is 0 Å². The molecule has 0 unspecified atom stereocenters. The molecular formula is C19H18Cl2N2O2S. The average molecular weight is 409 g/mol. The van der Waals surface area contributed by atoms with Crippen LogP contribution in [0.2, 0.25) is 10.0 Å². The zero-order valence-electron chi connectivity index (χ0n) is 14.2. The van der Waals surface area contributed by atoms with Crippen molar-refractivity contribution in [3.63, 3.8) is 0 Å². The van der Waals surface area contributed by atoms with Crippen molar-refractivity contribution in [3.05, 3.63) is 74.3 Å². The molecule has 0 bridgehead atoms. The van der Waals surface area contributed by atoms with Crippen molar-refractivity contribution in [3.8, 4) is 0 Å².